The zero-order valence-corrected chi connectivity index (χ0v) is 14.8. The molecule has 0 aliphatic rings. The summed E-state index contributed by atoms with van der Waals surface area (Å²) in [6.07, 6.45) is -2.77. The number of carbonyl (C=O) groups is 1. The zero-order valence-electron chi connectivity index (χ0n) is 14.8. The number of rotatable bonds is 5. The number of pyridine rings is 1. The summed E-state index contributed by atoms with van der Waals surface area (Å²) in [5.74, 6) is 0.238. The molecule has 0 spiro atoms. The van der Waals surface area contributed by atoms with E-state index in [1.54, 1.807) is 25.3 Å². The molecule has 0 unspecified atom stereocenters. The highest BCUT2D eigenvalue weighted by atomic mass is 19.4. The molecule has 3 rings (SSSR count). The fraction of sp³-hybridized carbons (Fsp3) is 0.158. The quantitative estimate of drug-likeness (QED) is 0.695. The first kappa shape index (κ1) is 19.3. The molecular formula is C19H16F3N5O. The lowest BCUT2D eigenvalue weighted by Crippen LogP contribution is -2.24. The van der Waals surface area contributed by atoms with Gasteiger partial charge in [-0.25, -0.2) is 9.97 Å². The minimum atomic E-state index is -4.40. The van der Waals surface area contributed by atoms with Crippen LogP contribution in [0.2, 0.25) is 0 Å². The maximum absolute atomic E-state index is 12.6. The number of aryl methyl sites for hydroxylation is 1. The van der Waals surface area contributed by atoms with Gasteiger partial charge in [0.25, 0.3) is 5.91 Å². The number of carbonyl (C=O) groups excluding carboxylic acids is 1. The second kappa shape index (κ2) is 8.03. The normalized spacial score (nSPS) is 11.1. The maximum Gasteiger partial charge on any atom is 0.416 e. The van der Waals surface area contributed by atoms with E-state index in [0.29, 0.717) is 23.0 Å². The molecule has 2 aromatic heterocycles. The summed E-state index contributed by atoms with van der Waals surface area (Å²) in [5.41, 5.74) is 0.500. The lowest BCUT2D eigenvalue weighted by molar-refractivity contribution is -0.137. The van der Waals surface area contributed by atoms with Gasteiger partial charge in [0.2, 0.25) is 0 Å². The summed E-state index contributed by atoms with van der Waals surface area (Å²) in [5, 5.41) is 5.59. The molecule has 6 nitrogen and oxygen atoms in total. The third-order valence-corrected chi connectivity index (χ3v) is 3.71. The lowest BCUT2D eigenvalue weighted by atomic mass is 10.2. The van der Waals surface area contributed by atoms with Gasteiger partial charge in [0, 0.05) is 18.0 Å². The highest BCUT2D eigenvalue weighted by molar-refractivity contribution is 5.93. The highest BCUT2D eigenvalue weighted by Gasteiger charge is 2.29. The van der Waals surface area contributed by atoms with Crippen molar-refractivity contribution in [2.45, 2.75) is 19.6 Å². The summed E-state index contributed by atoms with van der Waals surface area (Å²) < 4.78 is 37.9. The van der Waals surface area contributed by atoms with Crippen molar-refractivity contribution in [3.05, 3.63) is 77.5 Å². The SMILES string of the molecule is Cc1nc(Nc2ccc(C(F)(F)F)cc2)cc(C(=O)NCc2ccccn2)n1. The summed E-state index contributed by atoms with van der Waals surface area (Å²) in [6.45, 7) is 1.86. The van der Waals surface area contributed by atoms with Crippen LogP contribution in [0.3, 0.4) is 0 Å². The standard InChI is InChI=1S/C19H16F3N5O/c1-12-25-16(18(28)24-11-15-4-2-3-9-23-15)10-17(26-12)27-14-7-5-13(6-8-14)19(20,21)22/h2-10H,11H2,1H3,(H,24,28)(H,25,26,27). The monoisotopic (exact) mass is 387 g/mol. The predicted octanol–water partition coefficient (Wildman–Crippen LogP) is 3.87. The van der Waals surface area contributed by atoms with Gasteiger partial charge in [0.15, 0.2) is 0 Å². The smallest absolute Gasteiger partial charge is 0.345 e. The van der Waals surface area contributed by atoms with Crippen LogP contribution in [-0.2, 0) is 12.7 Å². The van der Waals surface area contributed by atoms with E-state index in [0.717, 1.165) is 12.1 Å². The molecule has 0 saturated carbocycles. The molecule has 0 bridgehead atoms. The Balaban J connectivity index is 1.71. The number of alkyl halides is 3. The number of benzene rings is 1. The van der Waals surface area contributed by atoms with Crippen LogP contribution in [0.1, 0.15) is 27.6 Å². The number of anilines is 2. The number of nitrogens with zero attached hydrogens (tertiary/aromatic N) is 3. The molecule has 2 N–H and O–H groups in total. The van der Waals surface area contributed by atoms with Crippen LogP contribution in [0.4, 0.5) is 24.7 Å². The molecule has 0 radical (unpaired) electrons. The number of hydrogen-bond donors (Lipinski definition) is 2. The van der Waals surface area contributed by atoms with E-state index in [1.807, 2.05) is 6.07 Å². The fourth-order valence-corrected chi connectivity index (χ4v) is 2.40. The van der Waals surface area contributed by atoms with Gasteiger partial charge in [-0.1, -0.05) is 6.07 Å². The van der Waals surface area contributed by atoms with E-state index in [4.69, 9.17) is 0 Å². The number of amides is 1. The molecular weight excluding hydrogens is 371 g/mol. The summed E-state index contributed by atoms with van der Waals surface area (Å²) in [4.78, 5) is 24.7. The lowest BCUT2D eigenvalue weighted by Gasteiger charge is -2.11. The Labute approximate surface area is 158 Å². The average Bonchev–Trinajstić information content (AvgIpc) is 2.66. The molecule has 1 aromatic carbocycles. The third-order valence-electron chi connectivity index (χ3n) is 3.71. The van der Waals surface area contributed by atoms with Gasteiger partial charge in [0.1, 0.15) is 17.3 Å². The van der Waals surface area contributed by atoms with Crippen molar-refractivity contribution in [2.24, 2.45) is 0 Å². The van der Waals surface area contributed by atoms with Gasteiger partial charge in [-0.15, -0.1) is 0 Å². The van der Waals surface area contributed by atoms with Crippen molar-refractivity contribution in [3.63, 3.8) is 0 Å². The van der Waals surface area contributed by atoms with Crippen molar-refractivity contribution in [2.75, 3.05) is 5.32 Å². The Morgan fingerprint density at radius 2 is 1.82 bits per heavy atom. The van der Waals surface area contributed by atoms with Crippen LogP contribution in [0.15, 0.2) is 54.7 Å². The van der Waals surface area contributed by atoms with E-state index in [1.165, 1.54) is 18.2 Å². The molecule has 9 heteroatoms. The molecule has 0 aliphatic carbocycles. The topological polar surface area (TPSA) is 79.8 Å². The van der Waals surface area contributed by atoms with Crippen molar-refractivity contribution in [1.29, 1.82) is 0 Å². The van der Waals surface area contributed by atoms with Crippen LogP contribution in [0.5, 0.6) is 0 Å². The first-order valence-electron chi connectivity index (χ1n) is 8.29. The molecule has 0 atom stereocenters. The Morgan fingerprint density at radius 3 is 2.46 bits per heavy atom. The number of nitrogens with one attached hydrogen (secondary N) is 2. The van der Waals surface area contributed by atoms with E-state index in [9.17, 15) is 18.0 Å². The van der Waals surface area contributed by atoms with Gasteiger partial charge >= 0.3 is 6.18 Å². The molecule has 3 aromatic rings. The first-order chi connectivity index (χ1) is 13.3. The molecule has 144 valence electrons. The third kappa shape index (κ3) is 5.03. The molecule has 2 heterocycles. The molecule has 0 aliphatic heterocycles. The van der Waals surface area contributed by atoms with Crippen molar-refractivity contribution in [3.8, 4) is 0 Å². The largest absolute Gasteiger partial charge is 0.416 e. The van der Waals surface area contributed by atoms with Crippen LogP contribution in [0, 0.1) is 6.92 Å². The van der Waals surface area contributed by atoms with E-state index >= 15 is 0 Å². The average molecular weight is 387 g/mol. The summed E-state index contributed by atoms with van der Waals surface area (Å²) in [6, 6.07) is 11.3. The molecule has 0 fully saturated rings. The Kier molecular flexibility index (Phi) is 5.53. The van der Waals surface area contributed by atoms with E-state index in [2.05, 4.69) is 25.6 Å². The fourth-order valence-electron chi connectivity index (χ4n) is 2.40. The second-order valence-electron chi connectivity index (χ2n) is 5.89. The Morgan fingerprint density at radius 1 is 1.07 bits per heavy atom. The van der Waals surface area contributed by atoms with Crippen LogP contribution in [-0.4, -0.2) is 20.9 Å². The van der Waals surface area contributed by atoms with Crippen LogP contribution < -0.4 is 10.6 Å². The van der Waals surface area contributed by atoms with Crippen LogP contribution in [0.25, 0.3) is 0 Å². The first-order valence-corrected chi connectivity index (χ1v) is 8.29. The van der Waals surface area contributed by atoms with Crippen molar-refractivity contribution >= 4 is 17.4 Å². The number of halogens is 3. The predicted molar refractivity (Wildman–Crippen MR) is 96.9 cm³/mol. The van der Waals surface area contributed by atoms with Gasteiger partial charge < -0.3 is 10.6 Å². The Hall–Kier alpha value is -3.49. The highest BCUT2D eigenvalue weighted by Crippen LogP contribution is 2.30. The molecule has 0 saturated heterocycles. The minimum Gasteiger partial charge on any atom is -0.345 e. The minimum absolute atomic E-state index is 0.137. The van der Waals surface area contributed by atoms with Crippen molar-refractivity contribution in [1.82, 2.24) is 20.3 Å². The van der Waals surface area contributed by atoms with Gasteiger partial charge in [0.05, 0.1) is 17.8 Å². The zero-order chi connectivity index (χ0) is 20.1. The summed E-state index contributed by atoms with van der Waals surface area (Å²) in [7, 11) is 0. The van der Waals surface area contributed by atoms with E-state index in [-0.39, 0.29) is 12.2 Å². The van der Waals surface area contributed by atoms with Crippen LogP contribution >= 0.6 is 0 Å². The number of hydrogen-bond acceptors (Lipinski definition) is 5. The maximum atomic E-state index is 12.6. The Bertz CT molecular complexity index is 960. The molecule has 1 amide bonds. The second-order valence-corrected chi connectivity index (χ2v) is 5.89. The van der Waals surface area contributed by atoms with Crippen molar-refractivity contribution < 1.29 is 18.0 Å². The van der Waals surface area contributed by atoms with Gasteiger partial charge in [-0.2, -0.15) is 13.2 Å². The van der Waals surface area contributed by atoms with Gasteiger partial charge in [-0.05, 0) is 43.3 Å². The molecule has 28 heavy (non-hydrogen) atoms. The number of aromatic nitrogens is 3. The summed E-state index contributed by atoms with van der Waals surface area (Å²) >= 11 is 0. The van der Waals surface area contributed by atoms with E-state index < -0.39 is 17.6 Å². The van der Waals surface area contributed by atoms with Gasteiger partial charge in [-0.3, -0.25) is 9.78 Å².